The molecular weight excluding hydrogens is 348 g/mol. The standard InChI is InChI=1S/C19H30N4O2S/c24-17(16-5-4-9-23(16)18-20-8-14-26-18)21-15-19(6-2-1-3-7-19)22-10-12-25-13-11-22/h8,14,16H,1-7,9-13,15H2,(H,21,24)/t16-/m1/s1. The van der Waals surface area contributed by atoms with Crippen LogP contribution in [0, 0.1) is 0 Å². The number of thiazole rings is 1. The molecule has 2 saturated heterocycles. The third-order valence-corrected chi connectivity index (χ3v) is 7.09. The van der Waals surface area contributed by atoms with Gasteiger partial charge >= 0.3 is 0 Å². The number of anilines is 1. The average Bonchev–Trinajstić information content (AvgIpc) is 3.39. The van der Waals surface area contributed by atoms with Crippen molar-refractivity contribution in [2.45, 2.75) is 56.5 Å². The highest BCUT2D eigenvalue weighted by molar-refractivity contribution is 7.13. The molecule has 1 aromatic rings. The van der Waals surface area contributed by atoms with E-state index in [0.717, 1.165) is 57.4 Å². The second kappa shape index (κ2) is 8.23. The van der Waals surface area contributed by atoms with Crippen LogP contribution in [-0.4, -0.2) is 66.8 Å². The van der Waals surface area contributed by atoms with Gasteiger partial charge in [0.1, 0.15) is 6.04 Å². The summed E-state index contributed by atoms with van der Waals surface area (Å²) in [7, 11) is 0. The second-order valence-electron chi connectivity index (χ2n) is 7.77. The van der Waals surface area contributed by atoms with E-state index in [4.69, 9.17) is 4.74 Å². The van der Waals surface area contributed by atoms with Crippen LogP contribution in [0.15, 0.2) is 11.6 Å². The Bertz CT molecular complexity index is 582. The maximum atomic E-state index is 13.0. The van der Waals surface area contributed by atoms with Crippen molar-refractivity contribution in [3.05, 3.63) is 11.6 Å². The van der Waals surface area contributed by atoms with Crippen molar-refractivity contribution in [2.75, 3.05) is 44.3 Å². The number of nitrogens with one attached hydrogen (secondary N) is 1. The molecule has 3 heterocycles. The van der Waals surface area contributed by atoms with E-state index in [2.05, 4.69) is 20.1 Å². The van der Waals surface area contributed by atoms with E-state index in [1.54, 1.807) is 11.3 Å². The monoisotopic (exact) mass is 378 g/mol. The fourth-order valence-electron chi connectivity index (χ4n) is 4.85. The predicted octanol–water partition coefficient (Wildman–Crippen LogP) is 2.26. The largest absolute Gasteiger partial charge is 0.379 e. The Kier molecular flexibility index (Phi) is 5.76. The molecule has 1 N–H and O–H groups in total. The van der Waals surface area contributed by atoms with Crippen LogP contribution in [0.25, 0.3) is 0 Å². The predicted molar refractivity (Wildman–Crippen MR) is 104 cm³/mol. The van der Waals surface area contributed by atoms with Crippen LogP contribution in [0.5, 0.6) is 0 Å². The number of amides is 1. The Hall–Kier alpha value is -1.18. The van der Waals surface area contributed by atoms with Gasteiger partial charge in [0.2, 0.25) is 5.91 Å². The molecule has 1 atom stereocenters. The summed E-state index contributed by atoms with van der Waals surface area (Å²) in [6.45, 7) is 5.32. The first-order valence-corrected chi connectivity index (χ1v) is 10.9. The normalized spacial score (nSPS) is 26.8. The van der Waals surface area contributed by atoms with Gasteiger partial charge in [0.15, 0.2) is 5.13 Å². The van der Waals surface area contributed by atoms with Crippen LogP contribution < -0.4 is 10.2 Å². The van der Waals surface area contributed by atoms with Crippen LogP contribution in [0.4, 0.5) is 5.13 Å². The number of hydrogen-bond acceptors (Lipinski definition) is 6. The Morgan fingerprint density at radius 2 is 2.04 bits per heavy atom. The van der Waals surface area contributed by atoms with Crippen LogP contribution in [0.2, 0.25) is 0 Å². The lowest BCUT2D eigenvalue weighted by Crippen LogP contribution is -2.60. The first-order valence-electron chi connectivity index (χ1n) is 10.1. The van der Waals surface area contributed by atoms with Gasteiger partial charge in [-0.15, -0.1) is 11.3 Å². The van der Waals surface area contributed by atoms with Crippen LogP contribution in [-0.2, 0) is 9.53 Å². The van der Waals surface area contributed by atoms with E-state index in [1.165, 1.54) is 32.1 Å². The number of ether oxygens (including phenoxy) is 1. The van der Waals surface area contributed by atoms with Crippen molar-refractivity contribution in [2.24, 2.45) is 0 Å². The summed E-state index contributed by atoms with van der Waals surface area (Å²) >= 11 is 1.62. The lowest BCUT2D eigenvalue weighted by molar-refractivity contribution is -0.123. The summed E-state index contributed by atoms with van der Waals surface area (Å²) in [4.78, 5) is 22.2. The molecule has 3 fully saturated rings. The zero-order chi connectivity index (χ0) is 17.8. The molecule has 6 nitrogen and oxygen atoms in total. The number of carbonyl (C=O) groups is 1. The van der Waals surface area contributed by atoms with Crippen LogP contribution in [0.3, 0.4) is 0 Å². The Labute approximate surface area is 159 Å². The van der Waals surface area contributed by atoms with Crippen LogP contribution in [0.1, 0.15) is 44.9 Å². The zero-order valence-electron chi connectivity index (χ0n) is 15.5. The molecule has 26 heavy (non-hydrogen) atoms. The molecule has 0 unspecified atom stereocenters. The Morgan fingerprint density at radius 1 is 1.23 bits per heavy atom. The molecule has 1 aliphatic carbocycles. The van der Waals surface area contributed by atoms with E-state index in [-0.39, 0.29) is 17.5 Å². The van der Waals surface area contributed by atoms with E-state index in [1.807, 2.05) is 11.6 Å². The molecule has 1 aromatic heterocycles. The molecule has 0 bridgehead atoms. The van der Waals surface area contributed by atoms with Crippen molar-refractivity contribution in [3.63, 3.8) is 0 Å². The van der Waals surface area contributed by atoms with Crippen molar-refractivity contribution >= 4 is 22.4 Å². The van der Waals surface area contributed by atoms with Crippen molar-refractivity contribution < 1.29 is 9.53 Å². The van der Waals surface area contributed by atoms with Gasteiger partial charge in [0.05, 0.1) is 13.2 Å². The first-order chi connectivity index (χ1) is 12.8. The Morgan fingerprint density at radius 3 is 2.77 bits per heavy atom. The summed E-state index contributed by atoms with van der Waals surface area (Å²) in [5.74, 6) is 0.177. The fourth-order valence-corrected chi connectivity index (χ4v) is 5.57. The smallest absolute Gasteiger partial charge is 0.242 e. The molecule has 7 heteroatoms. The molecule has 0 spiro atoms. The van der Waals surface area contributed by atoms with Gasteiger partial charge in [-0.05, 0) is 25.7 Å². The van der Waals surface area contributed by atoms with Crippen molar-refractivity contribution in [1.82, 2.24) is 15.2 Å². The molecular formula is C19H30N4O2S. The highest BCUT2D eigenvalue weighted by atomic mass is 32.1. The molecule has 1 saturated carbocycles. The quantitative estimate of drug-likeness (QED) is 0.852. The summed E-state index contributed by atoms with van der Waals surface area (Å²) in [5, 5.41) is 6.30. The van der Waals surface area contributed by atoms with Crippen molar-refractivity contribution in [3.8, 4) is 0 Å². The SMILES string of the molecule is O=C(NCC1(N2CCOCC2)CCCCC1)[C@H]1CCCN1c1nccs1. The summed E-state index contributed by atoms with van der Waals surface area (Å²) in [5.41, 5.74) is 0.127. The lowest BCUT2D eigenvalue weighted by atomic mass is 9.79. The second-order valence-corrected chi connectivity index (χ2v) is 8.64. The van der Waals surface area contributed by atoms with Gasteiger partial charge in [0, 0.05) is 43.3 Å². The molecule has 4 rings (SSSR count). The lowest BCUT2D eigenvalue weighted by Gasteiger charge is -2.48. The highest BCUT2D eigenvalue weighted by Gasteiger charge is 2.40. The van der Waals surface area contributed by atoms with Gasteiger partial charge in [-0.3, -0.25) is 9.69 Å². The van der Waals surface area contributed by atoms with E-state index in [0.29, 0.717) is 0 Å². The van der Waals surface area contributed by atoms with Gasteiger partial charge in [-0.25, -0.2) is 4.98 Å². The van der Waals surface area contributed by atoms with E-state index in [9.17, 15) is 4.79 Å². The number of aromatic nitrogens is 1. The van der Waals surface area contributed by atoms with Gasteiger partial charge < -0.3 is 15.0 Å². The third kappa shape index (κ3) is 3.75. The molecule has 3 aliphatic rings. The maximum Gasteiger partial charge on any atom is 0.242 e. The van der Waals surface area contributed by atoms with Gasteiger partial charge in [0.25, 0.3) is 0 Å². The zero-order valence-corrected chi connectivity index (χ0v) is 16.3. The van der Waals surface area contributed by atoms with E-state index < -0.39 is 0 Å². The van der Waals surface area contributed by atoms with E-state index >= 15 is 0 Å². The molecule has 144 valence electrons. The number of nitrogens with zero attached hydrogens (tertiary/aromatic N) is 3. The summed E-state index contributed by atoms with van der Waals surface area (Å²) in [6.07, 6.45) is 10.0. The number of hydrogen-bond donors (Lipinski definition) is 1. The fraction of sp³-hybridized carbons (Fsp3) is 0.789. The minimum Gasteiger partial charge on any atom is -0.379 e. The molecule has 0 aromatic carbocycles. The van der Waals surface area contributed by atoms with Gasteiger partial charge in [-0.1, -0.05) is 19.3 Å². The average molecular weight is 379 g/mol. The molecule has 2 aliphatic heterocycles. The topological polar surface area (TPSA) is 57.7 Å². The summed E-state index contributed by atoms with van der Waals surface area (Å²) < 4.78 is 5.56. The van der Waals surface area contributed by atoms with Crippen molar-refractivity contribution in [1.29, 1.82) is 0 Å². The third-order valence-electron chi connectivity index (χ3n) is 6.28. The van der Waals surface area contributed by atoms with Crippen LogP contribution >= 0.6 is 11.3 Å². The molecule has 0 radical (unpaired) electrons. The molecule has 1 amide bonds. The highest BCUT2D eigenvalue weighted by Crippen LogP contribution is 2.34. The Balaban J connectivity index is 1.41. The maximum absolute atomic E-state index is 13.0. The van der Waals surface area contributed by atoms with Gasteiger partial charge in [-0.2, -0.15) is 0 Å². The number of rotatable bonds is 5. The minimum absolute atomic E-state index is 0.0634. The number of carbonyl (C=O) groups excluding carboxylic acids is 1. The number of morpholine rings is 1. The minimum atomic E-state index is -0.0634. The summed E-state index contributed by atoms with van der Waals surface area (Å²) in [6, 6.07) is -0.0634. The first kappa shape index (κ1) is 18.2.